The molecule has 2 aromatic rings. The molecule has 0 spiro atoms. The first-order valence-corrected chi connectivity index (χ1v) is 19.3. The molecule has 60 heavy (non-hydrogen) atoms. The fraction of sp³-hybridized carbons (Fsp3) is 0.488. The zero-order valence-electron chi connectivity index (χ0n) is 34.3. The van der Waals surface area contributed by atoms with Gasteiger partial charge in [0.05, 0.1) is 24.9 Å². The van der Waals surface area contributed by atoms with Crippen LogP contribution in [-0.4, -0.2) is 116 Å². The van der Waals surface area contributed by atoms with E-state index >= 15 is 0 Å². The first kappa shape index (κ1) is 49.8. The van der Waals surface area contributed by atoms with E-state index in [2.05, 4.69) is 31.9 Å². The number of hydrogen-bond acceptors (Lipinski definition) is 11. The fourth-order valence-electron chi connectivity index (χ4n) is 6.08. The largest absolute Gasteiger partial charge is 0.508 e. The van der Waals surface area contributed by atoms with Crippen molar-refractivity contribution in [3.8, 4) is 5.75 Å². The lowest BCUT2D eigenvalue weighted by Crippen LogP contribution is -2.61. The van der Waals surface area contributed by atoms with Crippen LogP contribution in [0.2, 0.25) is 0 Å². The predicted molar refractivity (Wildman–Crippen MR) is 215 cm³/mol. The van der Waals surface area contributed by atoms with Crippen LogP contribution in [0.3, 0.4) is 0 Å². The van der Waals surface area contributed by atoms with E-state index in [0.717, 1.165) is 0 Å². The highest BCUT2D eigenvalue weighted by Gasteiger charge is 2.36. The van der Waals surface area contributed by atoms with Crippen LogP contribution in [-0.2, 0) is 56.0 Å². The summed E-state index contributed by atoms with van der Waals surface area (Å²) in [6.45, 7) is 8.40. The van der Waals surface area contributed by atoms with E-state index in [1.807, 2.05) is 0 Å². The van der Waals surface area contributed by atoms with Crippen LogP contribution < -0.4 is 31.9 Å². The van der Waals surface area contributed by atoms with Crippen LogP contribution in [0.1, 0.15) is 77.8 Å². The molecule has 0 radical (unpaired) electrons. The SMILES string of the molecule is CCCN[C@@H](CCC(=O)O)C(=O)N[C@@H](CC(=O)O)C(=O)N[C@@H](Cc1ccccc1)C(=O)N[C@@H](Cc1ccc(O)cc1)C(=O)N[C@@H](CC(=O)O)C(=O)N[C@H](C(C)=O)C(C)(C)C. The summed E-state index contributed by atoms with van der Waals surface area (Å²) < 4.78 is 0. The number of rotatable bonds is 25. The van der Waals surface area contributed by atoms with Gasteiger partial charge in [0.25, 0.3) is 0 Å². The summed E-state index contributed by atoms with van der Waals surface area (Å²) in [5.41, 5.74) is 0.136. The van der Waals surface area contributed by atoms with Gasteiger partial charge < -0.3 is 52.3 Å². The van der Waals surface area contributed by atoms with Crippen molar-refractivity contribution in [2.45, 2.75) is 116 Å². The molecule has 0 fully saturated rings. The van der Waals surface area contributed by atoms with E-state index in [1.165, 1.54) is 31.2 Å². The maximum Gasteiger partial charge on any atom is 0.305 e. The quantitative estimate of drug-likeness (QED) is 0.0649. The molecule has 0 aliphatic carbocycles. The molecule has 0 aliphatic heterocycles. The molecule has 19 nitrogen and oxygen atoms in total. The van der Waals surface area contributed by atoms with Crippen LogP contribution in [0.15, 0.2) is 54.6 Å². The molecule has 0 saturated heterocycles. The fourth-order valence-corrected chi connectivity index (χ4v) is 6.08. The highest BCUT2D eigenvalue weighted by atomic mass is 16.4. The summed E-state index contributed by atoms with van der Waals surface area (Å²) in [7, 11) is 0. The van der Waals surface area contributed by atoms with Gasteiger partial charge in [0, 0.05) is 19.3 Å². The minimum Gasteiger partial charge on any atom is -0.508 e. The minimum atomic E-state index is -1.74. The van der Waals surface area contributed by atoms with Gasteiger partial charge in [-0.1, -0.05) is 70.2 Å². The number of nitrogens with one attached hydrogen (secondary N) is 6. The Morgan fingerprint density at radius 3 is 1.40 bits per heavy atom. The third-order valence-electron chi connectivity index (χ3n) is 9.11. The van der Waals surface area contributed by atoms with E-state index < -0.39 is 114 Å². The van der Waals surface area contributed by atoms with Crippen LogP contribution in [0.25, 0.3) is 0 Å². The third kappa shape index (κ3) is 17.6. The summed E-state index contributed by atoms with van der Waals surface area (Å²) in [5, 5.41) is 53.4. The Labute approximate surface area is 347 Å². The molecule has 19 heteroatoms. The maximum atomic E-state index is 14.2. The third-order valence-corrected chi connectivity index (χ3v) is 9.11. The van der Waals surface area contributed by atoms with E-state index in [0.29, 0.717) is 24.1 Å². The number of carbonyl (C=O) groups is 9. The average molecular weight is 841 g/mol. The normalized spacial score (nSPS) is 14.2. The Hall–Kier alpha value is -6.37. The molecule has 0 aliphatic rings. The van der Waals surface area contributed by atoms with Crippen LogP contribution in [0, 0.1) is 5.41 Å². The Morgan fingerprint density at radius 1 is 0.567 bits per heavy atom. The monoisotopic (exact) mass is 840 g/mol. The average Bonchev–Trinajstić information content (AvgIpc) is 3.15. The molecule has 10 N–H and O–H groups in total. The van der Waals surface area contributed by atoms with Crippen molar-refractivity contribution in [3.63, 3.8) is 0 Å². The Balaban J connectivity index is 2.52. The van der Waals surface area contributed by atoms with Gasteiger partial charge in [-0.3, -0.25) is 43.2 Å². The summed E-state index contributed by atoms with van der Waals surface area (Å²) in [5.74, 6) is -9.57. The highest BCUT2D eigenvalue weighted by Crippen LogP contribution is 2.20. The predicted octanol–water partition coefficient (Wildman–Crippen LogP) is 0.419. The second-order valence-electron chi connectivity index (χ2n) is 15.4. The molecule has 2 rings (SSSR count). The molecule has 5 amide bonds. The van der Waals surface area contributed by atoms with E-state index in [1.54, 1.807) is 58.0 Å². The van der Waals surface area contributed by atoms with Gasteiger partial charge in [-0.15, -0.1) is 0 Å². The number of benzene rings is 2. The number of Topliss-reactive ketones (excluding diaryl/α,β-unsaturated/α-hetero) is 1. The number of carboxylic acids is 3. The molecule has 328 valence electrons. The molecule has 0 bridgehead atoms. The van der Waals surface area contributed by atoms with Crippen LogP contribution in [0.4, 0.5) is 0 Å². The van der Waals surface area contributed by atoms with Gasteiger partial charge in [0.15, 0.2) is 5.78 Å². The summed E-state index contributed by atoms with van der Waals surface area (Å²) in [6, 6.07) is 5.15. The van der Waals surface area contributed by atoms with Crippen LogP contribution >= 0.6 is 0 Å². The molecular weight excluding hydrogens is 784 g/mol. The van der Waals surface area contributed by atoms with E-state index in [-0.39, 0.29) is 25.0 Å². The first-order chi connectivity index (χ1) is 28.1. The zero-order chi connectivity index (χ0) is 45.2. The number of aliphatic carboxylic acids is 3. The highest BCUT2D eigenvalue weighted by molar-refractivity contribution is 5.98. The molecule has 0 saturated carbocycles. The molecular formula is C41H56N6O13. The Morgan fingerprint density at radius 2 is 0.983 bits per heavy atom. The lowest BCUT2D eigenvalue weighted by atomic mass is 9.84. The molecule has 2 aromatic carbocycles. The van der Waals surface area contributed by atoms with Crippen LogP contribution in [0.5, 0.6) is 5.75 Å². The topological polar surface area (TPSA) is 307 Å². The lowest BCUT2D eigenvalue weighted by molar-refractivity contribution is -0.142. The molecule has 0 aromatic heterocycles. The number of carbonyl (C=O) groups excluding carboxylic acids is 6. The number of phenols is 1. The number of amides is 5. The first-order valence-electron chi connectivity index (χ1n) is 19.3. The van der Waals surface area contributed by atoms with Crippen molar-refractivity contribution in [2.75, 3.05) is 6.54 Å². The number of hydrogen-bond donors (Lipinski definition) is 10. The van der Waals surface area contributed by atoms with Gasteiger partial charge in [-0.2, -0.15) is 0 Å². The standard InChI is InChI=1S/C41H56N6O13/c1-6-18-42-27(16-17-32(50)51)36(56)45-30(21-33(52)53)39(59)44-28(19-24-10-8-7-9-11-24)37(57)43-29(20-25-12-14-26(49)15-13-25)38(58)46-31(22-34(54)55)40(60)47-35(23(2)48)41(3,4)5/h7-15,27-31,35,42,49H,6,16-22H2,1-5H3,(H,43,57)(H,44,59)(H,45,56)(H,46,58)(H,47,60)(H,50,51)(H,52,53)(H,54,55)/t27-,28-,29-,30-,31-,35+/m0/s1. The molecule has 6 atom stereocenters. The van der Waals surface area contributed by atoms with Gasteiger partial charge in [0.2, 0.25) is 29.5 Å². The van der Waals surface area contributed by atoms with Crippen molar-refractivity contribution < 1.29 is 63.6 Å². The molecule has 0 heterocycles. The summed E-state index contributed by atoms with van der Waals surface area (Å²) in [6.07, 6.45) is -2.31. The second kappa shape index (κ2) is 23.9. The number of ketones is 1. The van der Waals surface area contributed by atoms with Crippen molar-refractivity contribution in [1.29, 1.82) is 0 Å². The van der Waals surface area contributed by atoms with Gasteiger partial charge in [-0.25, -0.2) is 0 Å². The Kier molecular flexibility index (Phi) is 19.8. The summed E-state index contributed by atoms with van der Waals surface area (Å²) in [4.78, 5) is 116. The maximum absolute atomic E-state index is 14.2. The smallest absolute Gasteiger partial charge is 0.305 e. The van der Waals surface area contributed by atoms with E-state index in [9.17, 15) is 63.6 Å². The van der Waals surface area contributed by atoms with Crippen molar-refractivity contribution in [1.82, 2.24) is 31.9 Å². The van der Waals surface area contributed by atoms with Crippen molar-refractivity contribution >= 4 is 53.2 Å². The number of carboxylic acid groups (broad SMARTS) is 3. The van der Waals surface area contributed by atoms with Gasteiger partial charge in [-0.05, 0) is 55.0 Å². The molecule has 0 unspecified atom stereocenters. The minimum absolute atomic E-state index is 0.108. The second-order valence-corrected chi connectivity index (χ2v) is 15.4. The number of phenolic OH excluding ortho intramolecular Hbond substituents is 1. The van der Waals surface area contributed by atoms with Gasteiger partial charge >= 0.3 is 17.9 Å². The lowest BCUT2D eigenvalue weighted by Gasteiger charge is -2.31. The van der Waals surface area contributed by atoms with Crippen molar-refractivity contribution in [3.05, 3.63) is 65.7 Å². The Bertz CT molecular complexity index is 1830. The zero-order valence-corrected chi connectivity index (χ0v) is 34.3. The van der Waals surface area contributed by atoms with Crippen molar-refractivity contribution in [2.24, 2.45) is 5.41 Å². The summed E-state index contributed by atoms with van der Waals surface area (Å²) >= 11 is 0. The number of aromatic hydroxyl groups is 1. The van der Waals surface area contributed by atoms with Gasteiger partial charge in [0.1, 0.15) is 29.9 Å². The van der Waals surface area contributed by atoms with E-state index in [4.69, 9.17) is 0 Å².